The van der Waals surface area contributed by atoms with Crippen molar-refractivity contribution >= 4 is 11.3 Å². The Bertz CT molecular complexity index is 800. The highest BCUT2D eigenvalue weighted by Gasteiger charge is 2.35. The maximum Gasteiger partial charge on any atom is 0.244 e. The quantitative estimate of drug-likeness (QED) is 0.735. The summed E-state index contributed by atoms with van der Waals surface area (Å²) >= 11 is 1.62. The van der Waals surface area contributed by atoms with Crippen LogP contribution in [0.1, 0.15) is 36.3 Å². The van der Waals surface area contributed by atoms with E-state index in [0.717, 1.165) is 23.7 Å². The van der Waals surface area contributed by atoms with Crippen molar-refractivity contribution in [1.29, 1.82) is 0 Å². The van der Waals surface area contributed by atoms with Crippen LogP contribution in [0.25, 0.3) is 10.7 Å². The van der Waals surface area contributed by atoms with Crippen molar-refractivity contribution < 1.29 is 4.52 Å². The first-order valence-corrected chi connectivity index (χ1v) is 8.64. The third-order valence-corrected chi connectivity index (χ3v) is 5.24. The molecule has 0 radical (unpaired) electrons. The second kappa shape index (κ2) is 5.58. The smallest absolute Gasteiger partial charge is 0.244 e. The zero-order valence-electron chi connectivity index (χ0n) is 13.4. The van der Waals surface area contributed by atoms with Gasteiger partial charge in [-0.05, 0) is 38.3 Å². The van der Waals surface area contributed by atoms with Crippen LogP contribution in [-0.4, -0.2) is 37.9 Å². The van der Waals surface area contributed by atoms with E-state index in [0.29, 0.717) is 17.8 Å². The number of aryl methyl sites for hydroxylation is 2. The zero-order chi connectivity index (χ0) is 16.0. The summed E-state index contributed by atoms with van der Waals surface area (Å²) in [5.41, 5.74) is 2.30. The fourth-order valence-electron chi connectivity index (χ4n) is 3.04. The molecule has 1 unspecified atom stereocenters. The molecule has 0 N–H and O–H groups in total. The normalized spacial score (nSPS) is 17.3. The van der Waals surface area contributed by atoms with Gasteiger partial charge in [0.05, 0.1) is 22.7 Å². The topological polar surface area (TPSA) is 60.0 Å². The highest BCUT2D eigenvalue weighted by Crippen LogP contribution is 2.32. The summed E-state index contributed by atoms with van der Waals surface area (Å²) in [5, 5.41) is 10.7. The lowest BCUT2D eigenvalue weighted by Gasteiger charge is -2.42. The Balaban J connectivity index is 1.43. The highest BCUT2D eigenvalue weighted by molar-refractivity contribution is 7.13. The lowest BCUT2D eigenvalue weighted by atomic mass is 10.1. The molecule has 3 aromatic heterocycles. The number of hydrogen-bond acceptors (Lipinski definition) is 6. The molecule has 1 aliphatic heterocycles. The second-order valence-corrected chi connectivity index (χ2v) is 7.04. The molecule has 4 rings (SSSR count). The molecule has 0 amide bonds. The van der Waals surface area contributed by atoms with E-state index in [9.17, 15) is 0 Å². The first-order valence-electron chi connectivity index (χ1n) is 7.76. The molecule has 0 spiro atoms. The Hall–Kier alpha value is -1.99. The average molecular weight is 329 g/mol. The molecule has 4 heterocycles. The molecular formula is C16H19N5OS. The van der Waals surface area contributed by atoms with Crippen molar-refractivity contribution in [3.05, 3.63) is 40.9 Å². The Morgan fingerprint density at radius 1 is 1.35 bits per heavy atom. The molecule has 0 bridgehead atoms. The molecule has 120 valence electrons. The summed E-state index contributed by atoms with van der Waals surface area (Å²) < 4.78 is 7.59. The van der Waals surface area contributed by atoms with Gasteiger partial charge < -0.3 is 4.52 Å². The summed E-state index contributed by atoms with van der Waals surface area (Å²) in [6, 6.07) is 6.69. The maximum absolute atomic E-state index is 5.46. The molecule has 23 heavy (non-hydrogen) atoms. The van der Waals surface area contributed by atoms with Crippen LogP contribution in [0.4, 0.5) is 0 Å². The predicted octanol–water partition coefficient (Wildman–Crippen LogP) is 3.23. The van der Waals surface area contributed by atoms with Gasteiger partial charge in [0.15, 0.2) is 0 Å². The van der Waals surface area contributed by atoms with E-state index in [-0.39, 0.29) is 6.04 Å². The van der Waals surface area contributed by atoms with E-state index in [1.54, 1.807) is 11.3 Å². The van der Waals surface area contributed by atoms with Crippen molar-refractivity contribution in [3.63, 3.8) is 0 Å². The number of aromatic nitrogens is 4. The Morgan fingerprint density at radius 2 is 2.17 bits per heavy atom. The summed E-state index contributed by atoms with van der Waals surface area (Å²) in [4.78, 5) is 7.92. The van der Waals surface area contributed by atoms with E-state index < -0.39 is 0 Å². The molecule has 7 heteroatoms. The minimum atomic E-state index is 0.129. The molecule has 0 saturated carbocycles. The summed E-state index contributed by atoms with van der Waals surface area (Å²) in [6.07, 6.45) is 0. The number of hydrogen-bond donors (Lipinski definition) is 0. The zero-order valence-corrected chi connectivity index (χ0v) is 14.2. The summed E-state index contributed by atoms with van der Waals surface area (Å²) in [5.74, 6) is 1.36. The first kappa shape index (κ1) is 14.6. The monoisotopic (exact) mass is 329 g/mol. The average Bonchev–Trinajstić information content (AvgIpc) is 3.18. The third-order valence-electron chi connectivity index (χ3n) is 4.37. The molecule has 0 aromatic carbocycles. The van der Waals surface area contributed by atoms with Crippen molar-refractivity contribution in [2.75, 3.05) is 13.1 Å². The number of likely N-dealkylation sites (tertiary alicyclic amines) is 1. The molecule has 0 aliphatic carbocycles. The van der Waals surface area contributed by atoms with E-state index in [2.05, 4.69) is 44.7 Å². The minimum absolute atomic E-state index is 0.129. The van der Waals surface area contributed by atoms with Gasteiger partial charge in [0, 0.05) is 18.8 Å². The van der Waals surface area contributed by atoms with Crippen LogP contribution in [0.2, 0.25) is 0 Å². The van der Waals surface area contributed by atoms with Gasteiger partial charge in [-0.1, -0.05) is 11.2 Å². The van der Waals surface area contributed by atoms with Crippen LogP contribution in [0.15, 0.2) is 28.1 Å². The molecule has 1 saturated heterocycles. The molecule has 1 aliphatic rings. The number of nitrogens with zero attached hydrogens (tertiary/aromatic N) is 5. The van der Waals surface area contributed by atoms with Gasteiger partial charge in [-0.2, -0.15) is 10.1 Å². The Kier molecular flexibility index (Phi) is 3.54. The van der Waals surface area contributed by atoms with Gasteiger partial charge in [-0.25, -0.2) is 0 Å². The van der Waals surface area contributed by atoms with Gasteiger partial charge in [-0.3, -0.25) is 9.58 Å². The SMILES string of the molecule is Cc1cc(C)n(C2CN(C(C)c3nc(-c4cccs4)no3)C2)n1. The van der Waals surface area contributed by atoms with Crippen molar-refractivity contribution in [1.82, 2.24) is 24.8 Å². The third kappa shape index (κ3) is 2.60. The van der Waals surface area contributed by atoms with Crippen molar-refractivity contribution in [2.45, 2.75) is 32.9 Å². The summed E-state index contributed by atoms with van der Waals surface area (Å²) in [6.45, 7) is 8.17. The van der Waals surface area contributed by atoms with Crippen LogP contribution in [-0.2, 0) is 0 Å². The summed E-state index contributed by atoms with van der Waals surface area (Å²) in [7, 11) is 0. The van der Waals surface area contributed by atoms with Crippen molar-refractivity contribution in [3.8, 4) is 10.7 Å². The molecule has 3 aromatic rings. The molecule has 1 fully saturated rings. The van der Waals surface area contributed by atoms with Gasteiger partial charge >= 0.3 is 0 Å². The standard InChI is InChI=1S/C16H19N5OS/c1-10-7-11(2)21(18-10)13-8-20(9-13)12(3)16-17-15(19-22-16)14-5-4-6-23-14/h4-7,12-13H,8-9H2,1-3H3. The first-order chi connectivity index (χ1) is 11.1. The molecule has 6 nitrogen and oxygen atoms in total. The van der Waals surface area contributed by atoms with Gasteiger partial charge in [0.1, 0.15) is 0 Å². The highest BCUT2D eigenvalue weighted by atomic mass is 32.1. The Labute approximate surface area is 138 Å². The van der Waals surface area contributed by atoms with Crippen LogP contribution in [0, 0.1) is 13.8 Å². The number of rotatable bonds is 4. The largest absolute Gasteiger partial charge is 0.337 e. The van der Waals surface area contributed by atoms with E-state index in [1.807, 2.05) is 24.4 Å². The predicted molar refractivity (Wildman–Crippen MR) is 88.3 cm³/mol. The van der Waals surface area contributed by atoms with E-state index in [4.69, 9.17) is 4.52 Å². The fraction of sp³-hybridized carbons (Fsp3) is 0.438. The van der Waals surface area contributed by atoms with Gasteiger partial charge in [0.2, 0.25) is 11.7 Å². The van der Waals surface area contributed by atoms with Crippen LogP contribution in [0.3, 0.4) is 0 Å². The lowest BCUT2D eigenvalue weighted by Crippen LogP contribution is -2.49. The maximum atomic E-state index is 5.46. The van der Waals surface area contributed by atoms with Gasteiger partial charge in [-0.15, -0.1) is 11.3 Å². The minimum Gasteiger partial charge on any atom is -0.337 e. The second-order valence-electron chi connectivity index (χ2n) is 6.09. The lowest BCUT2D eigenvalue weighted by molar-refractivity contribution is 0.0445. The molecular weight excluding hydrogens is 310 g/mol. The Morgan fingerprint density at radius 3 is 2.83 bits per heavy atom. The van der Waals surface area contributed by atoms with Crippen LogP contribution >= 0.6 is 11.3 Å². The van der Waals surface area contributed by atoms with E-state index in [1.165, 1.54) is 5.69 Å². The van der Waals surface area contributed by atoms with Crippen molar-refractivity contribution in [2.24, 2.45) is 0 Å². The van der Waals surface area contributed by atoms with E-state index >= 15 is 0 Å². The number of thiophene rings is 1. The fourth-order valence-corrected chi connectivity index (χ4v) is 3.69. The van der Waals surface area contributed by atoms with Gasteiger partial charge in [0.25, 0.3) is 0 Å². The molecule has 1 atom stereocenters. The van der Waals surface area contributed by atoms with Crippen LogP contribution in [0.5, 0.6) is 0 Å². The van der Waals surface area contributed by atoms with Crippen LogP contribution < -0.4 is 0 Å².